The van der Waals surface area contributed by atoms with Crippen molar-refractivity contribution in [2.24, 2.45) is 0 Å². The number of rotatable bonds is 7. The molecule has 0 radical (unpaired) electrons. The number of carbonyl (C=O) groups excluding carboxylic acids is 1. The molecule has 1 aromatic heterocycles. The van der Waals surface area contributed by atoms with E-state index in [-0.39, 0.29) is 27.6 Å². The standard InChI is InChI=1S/C25H24FN3O4S/c1-3-28-21-15-20(27-24(30)14-17-9-8-10-18(26)13-17)23(16-22(21)29(4-2)25(28)31)34(32,33)19-11-6-5-7-12-19/h5-13,15-16H,3-4,14H2,1-2H3,(H,27,30). The summed E-state index contributed by atoms with van der Waals surface area (Å²) in [6.07, 6.45) is -0.142. The average Bonchev–Trinajstić information content (AvgIpc) is 3.08. The van der Waals surface area contributed by atoms with Crippen molar-refractivity contribution in [2.75, 3.05) is 5.32 Å². The summed E-state index contributed by atoms with van der Waals surface area (Å²) in [6.45, 7) is 4.36. The van der Waals surface area contributed by atoms with Crippen molar-refractivity contribution in [3.8, 4) is 0 Å². The summed E-state index contributed by atoms with van der Waals surface area (Å²) in [7, 11) is -4.02. The van der Waals surface area contributed by atoms with Crippen LogP contribution >= 0.6 is 0 Å². The molecular formula is C25H24FN3O4S. The van der Waals surface area contributed by atoms with Crippen LogP contribution in [0.15, 0.2) is 81.3 Å². The van der Waals surface area contributed by atoms with Gasteiger partial charge in [-0.25, -0.2) is 17.6 Å². The zero-order chi connectivity index (χ0) is 24.5. The third kappa shape index (κ3) is 4.26. The number of hydrogen-bond acceptors (Lipinski definition) is 4. The first kappa shape index (κ1) is 23.4. The molecule has 1 amide bonds. The minimum Gasteiger partial charge on any atom is -0.325 e. The Bertz CT molecular complexity index is 1540. The molecule has 3 aromatic carbocycles. The van der Waals surface area contributed by atoms with E-state index in [9.17, 15) is 22.4 Å². The van der Waals surface area contributed by atoms with Crippen LogP contribution in [0, 0.1) is 5.82 Å². The minimum absolute atomic E-state index is 0.0632. The first-order valence-electron chi connectivity index (χ1n) is 10.9. The van der Waals surface area contributed by atoms with Gasteiger partial charge in [0.2, 0.25) is 15.7 Å². The zero-order valence-electron chi connectivity index (χ0n) is 18.8. The molecule has 0 aliphatic carbocycles. The van der Waals surface area contributed by atoms with Crippen molar-refractivity contribution in [3.63, 3.8) is 0 Å². The van der Waals surface area contributed by atoms with Crippen molar-refractivity contribution < 1.29 is 17.6 Å². The number of benzene rings is 3. The normalized spacial score (nSPS) is 11.6. The van der Waals surface area contributed by atoms with E-state index in [0.717, 1.165) is 0 Å². The second-order valence-corrected chi connectivity index (χ2v) is 9.70. The van der Waals surface area contributed by atoms with Crippen LogP contribution in [0.25, 0.3) is 11.0 Å². The third-order valence-electron chi connectivity index (χ3n) is 5.62. The van der Waals surface area contributed by atoms with Gasteiger partial charge in [0.1, 0.15) is 5.82 Å². The fourth-order valence-electron chi connectivity index (χ4n) is 4.03. The topological polar surface area (TPSA) is 90.2 Å². The van der Waals surface area contributed by atoms with E-state index in [1.165, 1.54) is 51.6 Å². The molecule has 0 unspecified atom stereocenters. The number of fused-ring (bicyclic) bond motifs is 1. The summed E-state index contributed by atoms with van der Waals surface area (Å²) < 4.78 is 43.7. The molecule has 0 saturated heterocycles. The Kier molecular flexibility index (Phi) is 6.39. The van der Waals surface area contributed by atoms with Gasteiger partial charge in [0.25, 0.3) is 0 Å². The Morgan fingerprint density at radius 2 is 1.56 bits per heavy atom. The minimum atomic E-state index is -4.02. The van der Waals surface area contributed by atoms with E-state index in [2.05, 4.69) is 5.32 Å². The Balaban J connectivity index is 1.88. The Morgan fingerprint density at radius 3 is 2.18 bits per heavy atom. The summed E-state index contributed by atoms with van der Waals surface area (Å²) in [5.41, 5.74) is 1.24. The number of anilines is 1. The van der Waals surface area contributed by atoms with Crippen LogP contribution in [0.5, 0.6) is 0 Å². The Labute approximate surface area is 196 Å². The fraction of sp³-hybridized carbons (Fsp3) is 0.200. The number of aromatic nitrogens is 2. The van der Waals surface area contributed by atoms with Crippen molar-refractivity contribution in [1.29, 1.82) is 0 Å². The maximum absolute atomic E-state index is 13.5. The number of aryl methyl sites for hydroxylation is 2. The molecule has 9 heteroatoms. The quantitative estimate of drug-likeness (QED) is 0.432. The van der Waals surface area contributed by atoms with Crippen molar-refractivity contribution in [3.05, 3.63) is 88.6 Å². The molecule has 34 heavy (non-hydrogen) atoms. The lowest BCUT2D eigenvalue weighted by atomic mass is 10.1. The van der Waals surface area contributed by atoms with Gasteiger partial charge in [0.05, 0.1) is 32.9 Å². The average molecular weight is 482 g/mol. The van der Waals surface area contributed by atoms with E-state index < -0.39 is 21.6 Å². The summed E-state index contributed by atoms with van der Waals surface area (Å²) >= 11 is 0. The van der Waals surface area contributed by atoms with Gasteiger partial charge in [-0.05, 0) is 55.8 Å². The molecule has 0 bridgehead atoms. The van der Waals surface area contributed by atoms with Gasteiger partial charge in [-0.2, -0.15) is 0 Å². The lowest BCUT2D eigenvalue weighted by molar-refractivity contribution is -0.115. The molecule has 0 atom stereocenters. The van der Waals surface area contributed by atoms with Crippen LogP contribution < -0.4 is 11.0 Å². The van der Waals surface area contributed by atoms with Gasteiger partial charge in [-0.15, -0.1) is 0 Å². The summed E-state index contributed by atoms with van der Waals surface area (Å²) in [6, 6.07) is 16.5. The highest BCUT2D eigenvalue weighted by Gasteiger charge is 2.25. The Morgan fingerprint density at radius 1 is 0.912 bits per heavy atom. The number of imidazole rings is 1. The van der Waals surface area contributed by atoms with Gasteiger partial charge < -0.3 is 5.32 Å². The highest BCUT2D eigenvalue weighted by Crippen LogP contribution is 2.32. The molecule has 0 aliphatic heterocycles. The number of hydrogen-bond donors (Lipinski definition) is 1. The lowest BCUT2D eigenvalue weighted by Gasteiger charge is -2.14. The maximum Gasteiger partial charge on any atom is 0.329 e. The second-order valence-electron chi connectivity index (χ2n) is 7.78. The molecule has 1 heterocycles. The first-order valence-corrected chi connectivity index (χ1v) is 12.4. The number of nitrogens with one attached hydrogen (secondary N) is 1. The van der Waals surface area contributed by atoms with Crippen molar-refractivity contribution in [1.82, 2.24) is 9.13 Å². The molecule has 0 saturated carbocycles. The number of nitrogens with zero attached hydrogens (tertiary/aromatic N) is 2. The van der Waals surface area contributed by atoms with Crippen LogP contribution in [0.1, 0.15) is 19.4 Å². The van der Waals surface area contributed by atoms with Crippen LogP contribution in [0.2, 0.25) is 0 Å². The van der Waals surface area contributed by atoms with Gasteiger partial charge in [-0.3, -0.25) is 13.9 Å². The molecular weight excluding hydrogens is 457 g/mol. The highest BCUT2D eigenvalue weighted by molar-refractivity contribution is 7.91. The monoisotopic (exact) mass is 481 g/mol. The summed E-state index contributed by atoms with van der Waals surface area (Å²) in [4.78, 5) is 25.6. The molecule has 1 N–H and O–H groups in total. The summed E-state index contributed by atoms with van der Waals surface area (Å²) in [5, 5.41) is 2.68. The highest BCUT2D eigenvalue weighted by atomic mass is 32.2. The van der Waals surface area contributed by atoms with Gasteiger partial charge >= 0.3 is 5.69 Å². The molecule has 176 valence electrons. The maximum atomic E-state index is 13.5. The molecule has 4 aromatic rings. The molecule has 0 spiro atoms. The van der Waals surface area contributed by atoms with Crippen LogP contribution in [-0.4, -0.2) is 23.5 Å². The second kappa shape index (κ2) is 9.26. The molecule has 4 rings (SSSR count). The number of amides is 1. The number of sulfone groups is 1. The van der Waals surface area contributed by atoms with Crippen LogP contribution in [0.4, 0.5) is 10.1 Å². The summed E-state index contributed by atoms with van der Waals surface area (Å²) in [5.74, 6) is -0.971. The molecule has 7 nitrogen and oxygen atoms in total. The zero-order valence-corrected chi connectivity index (χ0v) is 19.6. The van der Waals surface area contributed by atoms with E-state index in [0.29, 0.717) is 29.7 Å². The molecule has 0 fully saturated rings. The smallest absolute Gasteiger partial charge is 0.325 e. The predicted molar refractivity (Wildman–Crippen MR) is 128 cm³/mol. The first-order chi connectivity index (χ1) is 16.3. The van der Waals surface area contributed by atoms with E-state index in [1.54, 1.807) is 31.2 Å². The van der Waals surface area contributed by atoms with Crippen LogP contribution in [0.3, 0.4) is 0 Å². The van der Waals surface area contributed by atoms with E-state index in [1.807, 2.05) is 6.92 Å². The van der Waals surface area contributed by atoms with Gasteiger partial charge in [0.15, 0.2) is 0 Å². The largest absolute Gasteiger partial charge is 0.329 e. The van der Waals surface area contributed by atoms with Crippen LogP contribution in [-0.2, 0) is 34.1 Å². The SMILES string of the molecule is CCn1c(=O)n(CC)c2cc(S(=O)(=O)c3ccccc3)c(NC(=O)Cc3cccc(F)c3)cc21. The lowest BCUT2D eigenvalue weighted by Crippen LogP contribution is -2.23. The number of carbonyl (C=O) groups is 1. The Hall–Kier alpha value is -3.72. The number of halogens is 1. The van der Waals surface area contributed by atoms with Crippen molar-refractivity contribution in [2.45, 2.75) is 43.1 Å². The van der Waals surface area contributed by atoms with Gasteiger partial charge in [0, 0.05) is 13.1 Å². The molecule has 0 aliphatic rings. The third-order valence-corrected chi connectivity index (χ3v) is 7.43. The van der Waals surface area contributed by atoms with Crippen molar-refractivity contribution >= 4 is 32.5 Å². The van der Waals surface area contributed by atoms with E-state index >= 15 is 0 Å². The predicted octanol–water partition coefficient (Wildman–Crippen LogP) is 4.00. The fourth-order valence-corrected chi connectivity index (χ4v) is 5.46. The van der Waals surface area contributed by atoms with Gasteiger partial charge in [-0.1, -0.05) is 30.3 Å². The van der Waals surface area contributed by atoms with E-state index in [4.69, 9.17) is 0 Å².